The summed E-state index contributed by atoms with van der Waals surface area (Å²) in [6, 6.07) is 16.5. The van der Waals surface area contributed by atoms with Crippen LogP contribution in [0.5, 0.6) is 0 Å². The molecule has 4 aromatic rings. The van der Waals surface area contributed by atoms with Crippen LogP contribution in [-0.2, 0) is 12.2 Å². The highest BCUT2D eigenvalue weighted by molar-refractivity contribution is 7.98. The Kier molecular flexibility index (Phi) is 5.07. The second-order valence-electron chi connectivity index (χ2n) is 6.32. The molecular weight excluding hydrogens is 356 g/mol. The summed E-state index contributed by atoms with van der Waals surface area (Å²) in [6.45, 7) is 4.21. The largest absolute Gasteiger partial charge is 0.444 e. The Bertz CT molecular complexity index is 1020. The van der Waals surface area contributed by atoms with Gasteiger partial charge in [0.1, 0.15) is 6.26 Å². The monoisotopic (exact) mass is 376 g/mol. The predicted molar refractivity (Wildman–Crippen MR) is 107 cm³/mol. The molecule has 0 saturated heterocycles. The van der Waals surface area contributed by atoms with Gasteiger partial charge in [0.05, 0.1) is 5.69 Å². The van der Waals surface area contributed by atoms with Crippen LogP contribution in [0.4, 0.5) is 0 Å². The van der Waals surface area contributed by atoms with Crippen molar-refractivity contribution < 1.29 is 4.42 Å². The van der Waals surface area contributed by atoms with Gasteiger partial charge in [0, 0.05) is 16.9 Å². The van der Waals surface area contributed by atoms with Crippen molar-refractivity contribution in [3.05, 3.63) is 71.6 Å². The maximum atomic E-state index is 5.60. The first kappa shape index (κ1) is 17.5. The standard InChI is InChI=1S/C21H20N4OS/c1-3-15-6-10-16(11-7-15)19-23-21(25-24-19)27-13-18-12-26-20(22-18)17-8-4-14(2)5-9-17/h4-12H,3,13H2,1-2H3,(H,23,24,25). The zero-order valence-electron chi connectivity index (χ0n) is 15.3. The Labute approximate surface area is 162 Å². The normalized spacial score (nSPS) is 11.0. The van der Waals surface area contributed by atoms with Crippen molar-refractivity contribution in [1.82, 2.24) is 20.2 Å². The molecule has 0 unspecified atom stereocenters. The van der Waals surface area contributed by atoms with E-state index in [9.17, 15) is 0 Å². The molecule has 0 aliphatic rings. The number of oxazole rings is 1. The molecule has 0 spiro atoms. The minimum absolute atomic E-state index is 0.636. The maximum absolute atomic E-state index is 5.60. The molecule has 5 nitrogen and oxygen atoms in total. The second-order valence-corrected chi connectivity index (χ2v) is 7.26. The zero-order chi connectivity index (χ0) is 18.6. The van der Waals surface area contributed by atoms with Crippen molar-refractivity contribution in [3.8, 4) is 22.8 Å². The number of rotatable bonds is 6. The van der Waals surface area contributed by atoms with Crippen LogP contribution in [0.3, 0.4) is 0 Å². The third-order valence-electron chi connectivity index (χ3n) is 4.30. The minimum atomic E-state index is 0.636. The van der Waals surface area contributed by atoms with Crippen LogP contribution in [-0.4, -0.2) is 20.2 Å². The van der Waals surface area contributed by atoms with Gasteiger partial charge in [-0.3, -0.25) is 5.10 Å². The van der Waals surface area contributed by atoms with Crippen molar-refractivity contribution >= 4 is 11.8 Å². The fourth-order valence-corrected chi connectivity index (χ4v) is 3.35. The quantitative estimate of drug-likeness (QED) is 0.463. The topological polar surface area (TPSA) is 67.6 Å². The Morgan fingerprint density at radius 3 is 2.44 bits per heavy atom. The van der Waals surface area contributed by atoms with Crippen molar-refractivity contribution in [2.75, 3.05) is 0 Å². The van der Waals surface area contributed by atoms with Gasteiger partial charge in [0.15, 0.2) is 5.82 Å². The number of nitrogens with one attached hydrogen (secondary N) is 1. The van der Waals surface area contributed by atoms with E-state index in [1.54, 1.807) is 6.26 Å². The minimum Gasteiger partial charge on any atom is -0.444 e. The third kappa shape index (κ3) is 4.11. The Morgan fingerprint density at radius 1 is 0.963 bits per heavy atom. The number of nitrogens with zero attached hydrogens (tertiary/aromatic N) is 3. The lowest BCUT2D eigenvalue weighted by Crippen LogP contribution is -1.84. The molecule has 1 N–H and O–H groups in total. The van der Waals surface area contributed by atoms with Gasteiger partial charge >= 0.3 is 0 Å². The molecule has 0 atom stereocenters. The fraction of sp³-hybridized carbons (Fsp3) is 0.190. The number of benzene rings is 2. The first-order valence-electron chi connectivity index (χ1n) is 8.87. The third-order valence-corrected chi connectivity index (χ3v) is 5.18. The molecule has 136 valence electrons. The van der Waals surface area contributed by atoms with E-state index in [1.807, 2.05) is 12.1 Å². The first-order chi connectivity index (χ1) is 13.2. The number of hydrogen-bond acceptors (Lipinski definition) is 5. The molecule has 0 aliphatic heterocycles. The number of aromatic nitrogens is 4. The summed E-state index contributed by atoms with van der Waals surface area (Å²) < 4.78 is 5.60. The fourth-order valence-electron chi connectivity index (χ4n) is 2.68. The van der Waals surface area contributed by atoms with E-state index in [1.165, 1.54) is 22.9 Å². The Balaban J connectivity index is 1.40. The SMILES string of the molecule is CCc1ccc(-c2nc(SCc3coc(-c4ccc(C)cc4)n3)n[nH]2)cc1. The number of hydrogen-bond donors (Lipinski definition) is 1. The van der Waals surface area contributed by atoms with Crippen molar-refractivity contribution in [2.45, 2.75) is 31.2 Å². The molecule has 0 amide bonds. The molecule has 27 heavy (non-hydrogen) atoms. The van der Waals surface area contributed by atoms with Crippen LogP contribution in [0.1, 0.15) is 23.7 Å². The number of thioether (sulfide) groups is 1. The highest BCUT2D eigenvalue weighted by atomic mass is 32.2. The summed E-state index contributed by atoms with van der Waals surface area (Å²) in [5.74, 6) is 2.07. The molecular formula is C21H20N4OS. The molecule has 0 radical (unpaired) electrons. The first-order valence-corrected chi connectivity index (χ1v) is 9.86. The maximum Gasteiger partial charge on any atom is 0.226 e. The molecule has 2 aromatic carbocycles. The summed E-state index contributed by atoms with van der Waals surface area (Å²) in [7, 11) is 0. The summed E-state index contributed by atoms with van der Waals surface area (Å²) in [5, 5.41) is 8.00. The van der Waals surface area contributed by atoms with Crippen molar-refractivity contribution in [3.63, 3.8) is 0 Å². The smallest absolute Gasteiger partial charge is 0.226 e. The number of aryl methyl sites for hydroxylation is 2. The summed E-state index contributed by atoms with van der Waals surface area (Å²) >= 11 is 1.53. The molecule has 0 aliphatic carbocycles. The van der Waals surface area contributed by atoms with Gasteiger partial charge in [-0.05, 0) is 31.0 Å². The van der Waals surface area contributed by atoms with Gasteiger partial charge in [-0.15, -0.1) is 5.10 Å². The van der Waals surface area contributed by atoms with Gasteiger partial charge < -0.3 is 4.42 Å². The van der Waals surface area contributed by atoms with E-state index in [-0.39, 0.29) is 0 Å². The van der Waals surface area contributed by atoms with E-state index >= 15 is 0 Å². The molecule has 0 saturated carbocycles. The zero-order valence-corrected chi connectivity index (χ0v) is 16.1. The van der Waals surface area contributed by atoms with E-state index < -0.39 is 0 Å². The lowest BCUT2D eigenvalue weighted by molar-refractivity contribution is 0.573. The van der Waals surface area contributed by atoms with Gasteiger partial charge in [0.2, 0.25) is 11.0 Å². The number of aromatic amines is 1. The second kappa shape index (κ2) is 7.80. The molecule has 0 bridgehead atoms. The molecule has 0 fully saturated rings. The van der Waals surface area contributed by atoms with Crippen LogP contribution in [0, 0.1) is 6.92 Å². The molecule has 2 aromatic heterocycles. The van der Waals surface area contributed by atoms with Crippen LogP contribution in [0.2, 0.25) is 0 Å². The van der Waals surface area contributed by atoms with Gasteiger partial charge in [-0.2, -0.15) is 0 Å². The van der Waals surface area contributed by atoms with E-state index in [2.05, 4.69) is 70.4 Å². The lowest BCUT2D eigenvalue weighted by Gasteiger charge is -1.98. The number of H-pyrrole nitrogens is 1. The summed E-state index contributed by atoms with van der Waals surface area (Å²) in [5.41, 5.74) is 5.41. The summed E-state index contributed by atoms with van der Waals surface area (Å²) in [6.07, 6.45) is 2.72. The Hall–Kier alpha value is -2.86. The van der Waals surface area contributed by atoms with Crippen LogP contribution < -0.4 is 0 Å². The highest BCUT2D eigenvalue weighted by Crippen LogP contribution is 2.25. The van der Waals surface area contributed by atoms with Crippen LogP contribution in [0.25, 0.3) is 22.8 Å². The Morgan fingerprint density at radius 2 is 1.70 bits per heavy atom. The van der Waals surface area contributed by atoms with E-state index in [0.717, 1.165) is 29.1 Å². The van der Waals surface area contributed by atoms with Crippen LogP contribution in [0.15, 0.2) is 64.4 Å². The van der Waals surface area contributed by atoms with Gasteiger partial charge in [-0.1, -0.05) is 60.6 Å². The average molecular weight is 376 g/mol. The summed E-state index contributed by atoms with van der Waals surface area (Å²) in [4.78, 5) is 9.12. The van der Waals surface area contributed by atoms with Crippen LogP contribution >= 0.6 is 11.8 Å². The van der Waals surface area contributed by atoms with E-state index in [0.29, 0.717) is 16.8 Å². The van der Waals surface area contributed by atoms with E-state index in [4.69, 9.17) is 4.42 Å². The van der Waals surface area contributed by atoms with Crippen molar-refractivity contribution in [1.29, 1.82) is 0 Å². The average Bonchev–Trinajstić information content (AvgIpc) is 3.37. The predicted octanol–water partition coefficient (Wildman–Crippen LogP) is 5.29. The molecule has 2 heterocycles. The molecule has 6 heteroatoms. The molecule has 4 rings (SSSR count). The highest BCUT2D eigenvalue weighted by Gasteiger charge is 2.10. The van der Waals surface area contributed by atoms with Gasteiger partial charge in [0.25, 0.3) is 0 Å². The van der Waals surface area contributed by atoms with Gasteiger partial charge in [-0.25, -0.2) is 9.97 Å². The van der Waals surface area contributed by atoms with Crippen molar-refractivity contribution in [2.24, 2.45) is 0 Å². The lowest BCUT2D eigenvalue weighted by atomic mass is 10.1.